The molecule has 1 aliphatic carbocycles. The van der Waals surface area contributed by atoms with Gasteiger partial charge in [0.1, 0.15) is 5.82 Å². The van der Waals surface area contributed by atoms with Gasteiger partial charge in [-0.3, -0.25) is 0 Å². The Morgan fingerprint density at radius 1 is 1.47 bits per heavy atom. The molecule has 15 heavy (non-hydrogen) atoms. The zero-order chi connectivity index (χ0) is 11.0. The van der Waals surface area contributed by atoms with E-state index in [4.69, 9.17) is 5.73 Å². The third-order valence-corrected chi connectivity index (χ3v) is 3.50. The Morgan fingerprint density at radius 3 is 2.80 bits per heavy atom. The fourth-order valence-electron chi connectivity index (χ4n) is 2.48. The standard InChI is InChI=1S/C12H18N2O/c1-7-5-10(12(13)14-6-7)9-3-4-11(15)8(9)2/h5-6,8-9,11,15H,3-4H2,1-2H3,(H2,13,14). The number of aromatic nitrogens is 1. The maximum Gasteiger partial charge on any atom is 0.126 e. The molecule has 1 heterocycles. The van der Waals surface area contributed by atoms with Gasteiger partial charge in [0.25, 0.3) is 0 Å². The first-order valence-electron chi connectivity index (χ1n) is 5.49. The van der Waals surface area contributed by atoms with Crippen LogP contribution in [0.2, 0.25) is 0 Å². The summed E-state index contributed by atoms with van der Waals surface area (Å²) in [5, 5.41) is 9.73. The average Bonchev–Trinajstić information content (AvgIpc) is 2.52. The predicted octanol–water partition coefficient (Wildman–Crippen LogP) is 1.85. The van der Waals surface area contributed by atoms with Gasteiger partial charge in [-0.2, -0.15) is 0 Å². The summed E-state index contributed by atoms with van der Waals surface area (Å²) in [4.78, 5) is 4.18. The summed E-state index contributed by atoms with van der Waals surface area (Å²) < 4.78 is 0. The minimum absolute atomic E-state index is 0.185. The molecule has 1 aromatic heterocycles. The van der Waals surface area contributed by atoms with E-state index in [1.807, 2.05) is 6.92 Å². The lowest BCUT2D eigenvalue weighted by atomic mass is 9.89. The van der Waals surface area contributed by atoms with E-state index in [-0.39, 0.29) is 12.0 Å². The van der Waals surface area contributed by atoms with Crippen LogP contribution in [0.5, 0.6) is 0 Å². The number of hydrogen-bond acceptors (Lipinski definition) is 3. The second kappa shape index (κ2) is 3.81. The third-order valence-electron chi connectivity index (χ3n) is 3.50. The maximum atomic E-state index is 9.73. The lowest BCUT2D eigenvalue weighted by Gasteiger charge is -2.19. The number of nitrogens with zero attached hydrogens (tertiary/aromatic N) is 1. The minimum Gasteiger partial charge on any atom is -0.393 e. The van der Waals surface area contributed by atoms with Crippen LogP contribution in [-0.2, 0) is 0 Å². The molecule has 0 aromatic carbocycles. The van der Waals surface area contributed by atoms with E-state index < -0.39 is 0 Å². The summed E-state index contributed by atoms with van der Waals surface area (Å²) in [7, 11) is 0. The van der Waals surface area contributed by atoms with Crippen molar-refractivity contribution in [1.82, 2.24) is 4.98 Å². The van der Waals surface area contributed by atoms with Gasteiger partial charge in [0.15, 0.2) is 0 Å². The normalized spacial score (nSPS) is 30.7. The van der Waals surface area contributed by atoms with Gasteiger partial charge in [0, 0.05) is 6.20 Å². The topological polar surface area (TPSA) is 59.1 Å². The van der Waals surface area contributed by atoms with Gasteiger partial charge in [-0.15, -0.1) is 0 Å². The molecule has 0 bridgehead atoms. The molecule has 82 valence electrons. The van der Waals surface area contributed by atoms with E-state index in [1.54, 1.807) is 6.20 Å². The number of aliphatic hydroxyl groups is 1. The molecule has 1 aromatic rings. The van der Waals surface area contributed by atoms with Crippen molar-refractivity contribution in [1.29, 1.82) is 0 Å². The Hall–Kier alpha value is -1.09. The van der Waals surface area contributed by atoms with Crippen LogP contribution >= 0.6 is 0 Å². The Bertz CT molecular complexity index is 365. The van der Waals surface area contributed by atoms with Crippen LogP contribution in [0, 0.1) is 12.8 Å². The van der Waals surface area contributed by atoms with E-state index in [1.165, 1.54) is 0 Å². The van der Waals surface area contributed by atoms with Gasteiger partial charge in [0.2, 0.25) is 0 Å². The number of nitrogen functional groups attached to an aromatic ring is 1. The van der Waals surface area contributed by atoms with Crippen molar-refractivity contribution in [3.8, 4) is 0 Å². The molecule has 0 amide bonds. The van der Waals surface area contributed by atoms with Gasteiger partial charge < -0.3 is 10.8 Å². The number of nitrogens with two attached hydrogens (primary N) is 1. The first-order valence-corrected chi connectivity index (χ1v) is 5.49. The zero-order valence-corrected chi connectivity index (χ0v) is 9.27. The monoisotopic (exact) mass is 206 g/mol. The summed E-state index contributed by atoms with van der Waals surface area (Å²) in [6, 6.07) is 2.10. The van der Waals surface area contributed by atoms with Crippen molar-refractivity contribution < 1.29 is 5.11 Å². The van der Waals surface area contributed by atoms with Crippen molar-refractivity contribution >= 4 is 5.82 Å². The first-order chi connectivity index (χ1) is 7.09. The van der Waals surface area contributed by atoms with Crippen molar-refractivity contribution in [2.45, 2.75) is 38.7 Å². The van der Waals surface area contributed by atoms with E-state index >= 15 is 0 Å². The molecule has 0 spiro atoms. The summed E-state index contributed by atoms with van der Waals surface area (Å²) >= 11 is 0. The maximum absolute atomic E-state index is 9.73. The van der Waals surface area contributed by atoms with Crippen LogP contribution in [0.25, 0.3) is 0 Å². The molecule has 2 rings (SSSR count). The van der Waals surface area contributed by atoms with Crippen LogP contribution in [0.4, 0.5) is 5.82 Å². The Labute approximate surface area is 90.3 Å². The Kier molecular flexibility index (Phi) is 2.65. The Balaban J connectivity index is 2.33. The number of pyridine rings is 1. The summed E-state index contributed by atoms with van der Waals surface area (Å²) in [5.74, 6) is 1.27. The fraction of sp³-hybridized carbons (Fsp3) is 0.583. The number of anilines is 1. The molecule has 3 unspecified atom stereocenters. The van der Waals surface area contributed by atoms with Crippen LogP contribution < -0.4 is 5.73 Å². The molecule has 0 saturated heterocycles. The number of hydrogen-bond donors (Lipinski definition) is 2. The molecule has 3 nitrogen and oxygen atoms in total. The summed E-state index contributed by atoms with van der Waals surface area (Å²) in [6.45, 7) is 4.11. The van der Waals surface area contributed by atoms with Crippen molar-refractivity contribution in [2.24, 2.45) is 5.92 Å². The highest BCUT2D eigenvalue weighted by Gasteiger charge is 2.33. The van der Waals surface area contributed by atoms with Crippen LogP contribution in [0.1, 0.15) is 36.8 Å². The number of rotatable bonds is 1. The van der Waals surface area contributed by atoms with E-state index in [0.29, 0.717) is 11.7 Å². The molecular weight excluding hydrogens is 188 g/mol. The van der Waals surface area contributed by atoms with Gasteiger partial charge in [-0.1, -0.05) is 13.0 Å². The summed E-state index contributed by atoms with van der Waals surface area (Å²) in [6.07, 6.45) is 3.49. The van der Waals surface area contributed by atoms with E-state index in [0.717, 1.165) is 24.0 Å². The predicted molar refractivity (Wildman–Crippen MR) is 60.5 cm³/mol. The zero-order valence-electron chi connectivity index (χ0n) is 9.27. The van der Waals surface area contributed by atoms with Crippen molar-refractivity contribution in [3.63, 3.8) is 0 Å². The first kappa shape index (κ1) is 10.4. The molecule has 1 saturated carbocycles. The molecule has 1 aliphatic rings. The van der Waals surface area contributed by atoms with Gasteiger partial charge in [-0.05, 0) is 42.7 Å². The lowest BCUT2D eigenvalue weighted by Crippen LogP contribution is -2.15. The molecule has 1 fully saturated rings. The molecule has 0 radical (unpaired) electrons. The van der Waals surface area contributed by atoms with Gasteiger partial charge in [-0.25, -0.2) is 4.98 Å². The van der Waals surface area contributed by atoms with Crippen LogP contribution in [-0.4, -0.2) is 16.2 Å². The van der Waals surface area contributed by atoms with Crippen LogP contribution in [0.3, 0.4) is 0 Å². The molecule has 3 N–H and O–H groups in total. The highest BCUT2D eigenvalue weighted by molar-refractivity contribution is 5.44. The lowest BCUT2D eigenvalue weighted by molar-refractivity contribution is 0.136. The highest BCUT2D eigenvalue weighted by atomic mass is 16.3. The SMILES string of the molecule is Cc1cnc(N)c(C2CCC(O)C2C)c1. The van der Waals surface area contributed by atoms with E-state index in [2.05, 4.69) is 18.0 Å². The number of aryl methyl sites for hydroxylation is 1. The quantitative estimate of drug-likeness (QED) is 0.737. The van der Waals surface area contributed by atoms with Gasteiger partial charge in [0.05, 0.1) is 6.10 Å². The van der Waals surface area contributed by atoms with Crippen molar-refractivity contribution in [3.05, 3.63) is 23.4 Å². The minimum atomic E-state index is -0.185. The van der Waals surface area contributed by atoms with Gasteiger partial charge >= 0.3 is 0 Å². The second-order valence-electron chi connectivity index (χ2n) is 4.60. The fourth-order valence-corrected chi connectivity index (χ4v) is 2.48. The molecular formula is C12H18N2O. The third kappa shape index (κ3) is 1.84. The van der Waals surface area contributed by atoms with E-state index in [9.17, 15) is 5.11 Å². The smallest absolute Gasteiger partial charge is 0.126 e. The second-order valence-corrected chi connectivity index (χ2v) is 4.60. The highest BCUT2D eigenvalue weighted by Crippen LogP contribution is 2.41. The largest absolute Gasteiger partial charge is 0.393 e. The summed E-state index contributed by atoms with van der Waals surface area (Å²) in [5.41, 5.74) is 8.13. The van der Waals surface area contributed by atoms with Crippen molar-refractivity contribution in [2.75, 3.05) is 5.73 Å². The van der Waals surface area contributed by atoms with Crippen LogP contribution in [0.15, 0.2) is 12.3 Å². The number of aliphatic hydroxyl groups excluding tert-OH is 1. The molecule has 3 atom stereocenters. The molecule has 3 heteroatoms. The molecule has 0 aliphatic heterocycles. The average molecular weight is 206 g/mol. The Morgan fingerprint density at radius 2 is 2.20 bits per heavy atom.